The van der Waals surface area contributed by atoms with Gasteiger partial charge < -0.3 is 45.9 Å². The number of aromatic amines is 5. The summed E-state index contributed by atoms with van der Waals surface area (Å²) >= 11 is 0. The molecule has 0 spiro atoms. The second kappa shape index (κ2) is 34.8. The van der Waals surface area contributed by atoms with Crippen LogP contribution in [0.4, 0.5) is 17.5 Å². The van der Waals surface area contributed by atoms with Crippen molar-refractivity contribution in [1.82, 2.24) is 97.2 Å². The van der Waals surface area contributed by atoms with Crippen molar-refractivity contribution in [2.75, 3.05) is 17.2 Å². The minimum Gasteiger partial charge on any atom is -0.383 e. The number of anilines is 3. The Labute approximate surface area is 520 Å². The van der Waals surface area contributed by atoms with Crippen molar-refractivity contribution in [3.8, 4) is 0 Å². The average molecular weight is 1250 g/mol. The van der Waals surface area contributed by atoms with Crippen molar-refractivity contribution in [3.63, 3.8) is 0 Å². The number of aryl methyl sites for hydroxylation is 3. The van der Waals surface area contributed by atoms with Crippen molar-refractivity contribution >= 4 is 61.8 Å². The molecule has 0 amide bonds. The lowest BCUT2D eigenvalue weighted by Gasteiger charge is -2.08. The van der Waals surface area contributed by atoms with E-state index < -0.39 is 0 Å². The van der Waals surface area contributed by atoms with E-state index in [4.69, 9.17) is 17.2 Å². The zero-order valence-corrected chi connectivity index (χ0v) is 53.0. The van der Waals surface area contributed by atoms with Crippen molar-refractivity contribution in [2.24, 2.45) is 0 Å². The first-order chi connectivity index (χ1) is 41.4. The van der Waals surface area contributed by atoms with E-state index >= 15 is 0 Å². The Bertz CT molecular complexity index is 4370. The number of nitrogen functional groups attached to an aromatic ring is 3. The standard InChI is InChI=1S/C10H13N3O.C9H12N4O.C9H12N4.C8H12N2O2.C7H11N3O.C7H10N2O2.C5H5N5.C3H8.2CH4/c1-6(2)13-5-4-8-9(13)11-7(3)12-10(8)14;1-5(2)13-4-10-7-8(13)11-6(3)12-9(7)14;1-6(2)13-4-3-7-8(10)11-5-12-9(7)13;1-5(2)10-4-6(3)7(11)9-8(10)12;1-5(2)10-4-3-6(8)9-7(10)11;1-5(2)9-4-3-6(10)8-7(9)11;6-4-3-5(9-1-7-3)10-2-8-4;1-3-2;;/h4-6H,1-3H3,(H,11,12,14);4-5H,1-3H3,(H,11,12,14);3-6H,1-2H3,(H2,10,11,12);4-5H,1-3H3,(H,9,11,12);3-5H,1-2H3,(H2,8,9,11);3-5H,1-2H3,(H,8,10,11);1-2H,(H3,6,7,8,9,10);3H2,1-2H3;2*1H4. The maximum Gasteiger partial charge on any atom is 0.349 e. The highest BCUT2D eigenvalue weighted by atomic mass is 16.2. The quantitative estimate of drug-likeness (QED) is 0.0787. The first kappa shape index (κ1) is 75.7. The lowest BCUT2D eigenvalue weighted by atomic mass is 10.3. The number of nitrogens with one attached hydrogen (secondary N) is 5. The number of H-pyrrole nitrogens is 5. The number of nitrogens with two attached hydrogens (primary N) is 3. The molecule has 11 aromatic heterocycles. The Morgan fingerprint density at radius 1 is 0.467 bits per heavy atom. The van der Waals surface area contributed by atoms with E-state index in [2.05, 4.69) is 116 Å². The van der Waals surface area contributed by atoms with Gasteiger partial charge in [-0.2, -0.15) is 4.98 Å². The fourth-order valence-electron chi connectivity index (χ4n) is 7.80. The third kappa shape index (κ3) is 20.6. The van der Waals surface area contributed by atoms with Gasteiger partial charge in [-0.25, -0.2) is 54.3 Å². The van der Waals surface area contributed by atoms with Crippen LogP contribution in [0.5, 0.6) is 0 Å². The topological polar surface area (TPSA) is 422 Å². The summed E-state index contributed by atoms with van der Waals surface area (Å²) in [5, 5.41) is 1.58. The molecule has 11 rings (SSSR count). The van der Waals surface area contributed by atoms with Gasteiger partial charge in [0.15, 0.2) is 22.6 Å². The summed E-state index contributed by atoms with van der Waals surface area (Å²) in [6.07, 6.45) is 15.9. The predicted octanol–water partition coefficient (Wildman–Crippen LogP) is 7.79. The van der Waals surface area contributed by atoms with E-state index in [1.165, 1.54) is 51.4 Å². The molecular weight excluding hydrogens is 1150 g/mol. The van der Waals surface area contributed by atoms with Crippen LogP contribution in [0, 0.1) is 20.8 Å². The van der Waals surface area contributed by atoms with Crippen molar-refractivity contribution in [1.29, 1.82) is 0 Å². The van der Waals surface area contributed by atoms with E-state index in [0.717, 1.165) is 16.7 Å². The second-order valence-corrected chi connectivity index (χ2v) is 21.5. The van der Waals surface area contributed by atoms with E-state index in [1.807, 2.05) is 83.0 Å². The van der Waals surface area contributed by atoms with E-state index in [0.29, 0.717) is 68.6 Å². The highest BCUT2D eigenvalue weighted by Gasteiger charge is 2.12. The molecule has 11 N–H and O–H groups in total. The molecule has 0 aliphatic carbocycles. The second-order valence-electron chi connectivity index (χ2n) is 21.5. The van der Waals surface area contributed by atoms with Crippen molar-refractivity contribution < 1.29 is 0 Å². The van der Waals surface area contributed by atoms with Crippen LogP contribution in [0.1, 0.15) is 172 Å². The average Bonchev–Trinajstić information content (AvgIpc) is 1.77. The van der Waals surface area contributed by atoms with E-state index in [1.54, 1.807) is 51.6 Å². The van der Waals surface area contributed by atoms with Crippen LogP contribution in [0.3, 0.4) is 0 Å². The number of hydrogen-bond acceptors (Lipinski definition) is 19. The van der Waals surface area contributed by atoms with Crippen LogP contribution in [0.15, 0.2) is 114 Å². The zero-order valence-electron chi connectivity index (χ0n) is 53.0. The van der Waals surface area contributed by atoms with Gasteiger partial charge in [-0.15, -0.1) is 0 Å². The van der Waals surface area contributed by atoms with Crippen molar-refractivity contribution in [2.45, 2.75) is 175 Å². The molecule has 0 aliphatic heterocycles. The highest BCUT2D eigenvalue weighted by Crippen LogP contribution is 2.21. The van der Waals surface area contributed by atoms with Gasteiger partial charge in [0, 0.05) is 78.9 Å². The number of fused-ring (bicyclic) bond motifs is 4. The summed E-state index contributed by atoms with van der Waals surface area (Å²) in [6.45, 7) is 33.2. The molecule has 0 saturated carbocycles. The van der Waals surface area contributed by atoms with Crippen LogP contribution in [0.25, 0.3) is 44.4 Å². The maximum absolute atomic E-state index is 11.5. The first-order valence-electron chi connectivity index (χ1n) is 28.4. The van der Waals surface area contributed by atoms with Crippen LogP contribution < -0.4 is 56.5 Å². The van der Waals surface area contributed by atoms with Gasteiger partial charge in [-0.3, -0.25) is 42.8 Å². The normalized spacial score (nSPS) is 10.5. The number of aromatic nitrogens is 20. The lowest BCUT2D eigenvalue weighted by molar-refractivity contribution is 0.558. The van der Waals surface area contributed by atoms with Crippen LogP contribution in [-0.2, 0) is 0 Å². The Kier molecular flexibility index (Phi) is 29.3. The molecule has 30 heteroatoms. The fraction of sp³-hybridized carbons (Fsp3) is 0.433. The Morgan fingerprint density at radius 2 is 0.956 bits per heavy atom. The number of rotatable bonds is 6. The Balaban J connectivity index is 0.000000355. The van der Waals surface area contributed by atoms with Gasteiger partial charge in [-0.05, 0) is 122 Å². The van der Waals surface area contributed by atoms with Gasteiger partial charge in [0.1, 0.15) is 52.8 Å². The largest absolute Gasteiger partial charge is 0.383 e. The van der Waals surface area contributed by atoms with Gasteiger partial charge in [0.2, 0.25) is 0 Å². The Morgan fingerprint density at radius 3 is 1.50 bits per heavy atom. The van der Waals surface area contributed by atoms with Gasteiger partial charge in [0.05, 0.1) is 23.4 Å². The lowest BCUT2D eigenvalue weighted by Crippen LogP contribution is -2.31. The number of hydrogen-bond donors (Lipinski definition) is 8. The monoisotopic (exact) mass is 1250 g/mol. The molecule has 11 aromatic rings. The summed E-state index contributed by atoms with van der Waals surface area (Å²) in [6, 6.07) is 7.97. The van der Waals surface area contributed by atoms with E-state index in [-0.39, 0.29) is 84.1 Å². The van der Waals surface area contributed by atoms with Gasteiger partial charge in [0.25, 0.3) is 22.2 Å². The molecule has 0 aromatic carbocycles. The number of imidazole rings is 2. The van der Waals surface area contributed by atoms with E-state index in [9.17, 15) is 33.6 Å². The molecule has 0 aliphatic rings. The molecule has 0 unspecified atom stereocenters. The fourth-order valence-corrected chi connectivity index (χ4v) is 7.80. The summed E-state index contributed by atoms with van der Waals surface area (Å²) < 4.78 is 10.4. The van der Waals surface area contributed by atoms with Gasteiger partial charge >= 0.3 is 17.1 Å². The zero-order chi connectivity index (χ0) is 65.9. The molecular formula is C60H91N23O7. The molecule has 11 heterocycles. The summed E-state index contributed by atoms with van der Waals surface area (Å²) in [7, 11) is 0. The smallest absolute Gasteiger partial charge is 0.349 e. The van der Waals surface area contributed by atoms with Crippen LogP contribution in [-0.4, -0.2) is 97.2 Å². The molecule has 488 valence electrons. The molecule has 90 heavy (non-hydrogen) atoms. The molecule has 0 radical (unpaired) electrons. The predicted molar refractivity (Wildman–Crippen MR) is 358 cm³/mol. The summed E-state index contributed by atoms with van der Waals surface area (Å²) in [5.41, 5.74) is 19.2. The third-order valence-electron chi connectivity index (χ3n) is 12.2. The first-order valence-corrected chi connectivity index (χ1v) is 28.4. The highest BCUT2D eigenvalue weighted by molar-refractivity contribution is 5.86. The number of nitrogens with zero attached hydrogens (tertiary/aromatic N) is 15. The summed E-state index contributed by atoms with van der Waals surface area (Å²) in [4.78, 5) is 126. The summed E-state index contributed by atoms with van der Waals surface area (Å²) in [5.74, 6) is 2.52. The molecule has 0 bridgehead atoms. The molecule has 0 fully saturated rings. The van der Waals surface area contributed by atoms with Gasteiger partial charge in [-0.1, -0.05) is 35.1 Å². The third-order valence-corrected chi connectivity index (χ3v) is 12.2. The minimum atomic E-state index is -0.355. The van der Waals surface area contributed by atoms with Crippen molar-refractivity contribution in [3.05, 3.63) is 171 Å². The Hall–Kier alpha value is -10.4. The SMILES string of the molecule is C.C.CC(C)n1ccc(=O)[nH]c1=O.CC(C)n1ccc(N)nc1=O.CC(C)n1ccc2c(N)ncnc21.CCC.Cc1cn(C(C)C)c(=O)[nH]c1=O.Cc1nc2c(ccn2C(C)C)c(=O)[nH]1.Cc1nc2c(ncn2C(C)C)c(=O)[nH]1.Nc1ncnc2nc[nH]c12. The molecule has 0 saturated heterocycles. The molecule has 0 atom stereocenters. The molecule has 30 nitrogen and oxygen atoms in total. The minimum absolute atomic E-state index is 0. The van der Waals surface area contributed by atoms with Crippen LogP contribution >= 0.6 is 0 Å². The maximum atomic E-state index is 11.5. The van der Waals surface area contributed by atoms with Crippen LogP contribution in [0.2, 0.25) is 0 Å².